The summed E-state index contributed by atoms with van der Waals surface area (Å²) in [5.74, 6) is 0. The van der Waals surface area contributed by atoms with Crippen molar-refractivity contribution in [1.29, 1.82) is 5.41 Å². The molecule has 0 radical (unpaired) electrons. The van der Waals surface area contributed by atoms with Crippen molar-refractivity contribution in [1.82, 2.24) is 4.90 Å². The maximum atomic E-state index is 9.04. The lowest BCUT2D eigenvalue weighted by Gasteiger charge is -2.24. The molecule has 0 saturated heterocycles. The summed E-state index contributed by atoms with van der Waals surface area (Å²) in [6.45, 7) is 0.660. The molecule has 9 rings (SSSR count). The largest absolute Gasteiger partial charge is 0.370 e. The predicted octanol–water partition coefficient (Wildman–Crippen LogP) is 13.8. The van der Waals surface area contributed by atoms with E-state index in [0.717, 1.165) is 39.3 Å². The van der Waals surface area contributed by atoms with E-state index in [1.807, 2.05) is 42.5 Å². The predicted molar refractivity (Wildman–Crippen MR) is 239 cm³/mol. The van der Waals surface area contributed by atoms with E-state index in [2.05, 4.69) is 181 Å². The zero-order chi connectivity index (χ0) is 37.8. The summed E-state index contributed by atoms with van der Waals surface area (Å²) < 4.78 is 0. The molecule has 3 heteroatoms. The number of hydrogen-bond donors (Lipinski definition) is 2. The van der Waals surface area contributed by atoms with Crippen molar-refractivity contribution >= 4 is 55.1 Å². The van der Waals surface area contributed by atoms with Gasteiger partial charge in [0.15, 0.2) is 0 Å². The zero-order valence-electron chi connectivity index (χ0n) is 31.3. The van der Waals surface area contributed by atoms with Crippen LogP contribution in [-0.2, 0) is 6.54 Å². The van der Waals surface area contributed by atoms with Gasteiger partial charge in [0.1, 0.15) is 0 Å². The molecule has 2 N–H and O–H groups in total. The quantitative estimate of drug-likeness (QED) is 0.109. The molecule has 0 saturated carbocycles. The van der Waals surface area contributed by atoms with Gasteiger partial charge in [-0.05, 0) is 96.0 Å². The lowest BCUT2D eigenvalue weighted by Crippen LogP contribution is -2.18. The van der Waals surface area contributed by atoms with Gasteiger partial charge in [0.05, 0.1) is 5.71 Å². The van der Waals surface area contributed by atoms with E-state index in [0.29, 0.717) is 12.3 Å². The molecule has 0 heterocycles. The van der Waals surface area contributed by atoms with Gasteiger partial charge in [-0.2, -0.15) is 0 Å². The number of para-hydroxylation sites is 1. The van der Waals surface area contributed by atoms with Gasteiger partial charge >= 0.3 is 0 Å². The summed E-state index contributed by atoms with van der Waals surface area (Å²) in [5.41, 5.74) is 11.4. The second-order valence-corrected chi connectivity index (χ2v) is 14.3. The number of rotatable bonds is 10. The van der Waals surface area contributed by atoms with Gasteiger partial charge in [0.2, 0.25) is 0 Å². The van der Waals surface area contributed by atoms with Crippen molar-refractivity contribution in [3.05, 3.63) is 223 Å². The van der Waals surface area contributed by atoms with Crippen molar-refractivity contribution in [3.8, 4) is 22.3 Å². The molecule has 56 heavy (non-hydrogen) atoms. The molecule has 0 fully saturated rings. The molecule has 0 aliphatic heterocycles. The van der Waals surface area contributed by atoms with Gasteiger partial charge in [-0.15, -0.1) is 0 Å². The molecule has 0 amide bonds. The summed E-state index contributed by atoms with van der Waals surface area (Å²) in [4.78, 5) is 2.24. The SMILES string of the molecule is CN(Cc1cccc(Nc2ccccc2-c2cc3ccccc3c3ccc4ccccc4c23)c1)/C(=C\C(=N)c1ccccc1)c1ccc(-c2ccccc2)cc1. The van der Waals surface area contributed by atoms with Crippen molar-refractivity contribution in [3.63, 3.8) is 0 Å². The highest BCUT2D eigenvalue weighted by molar-refractivity contribution is 6.23. The Morgan fingerprint density at radius 1 is 0.518 bits per heavy atom. The van der Waals surface area contributed by atoms with Gasteiger partial charge in [-0.1, -0.05) is 176 Å². The van der Waals surface area contributed by atoms with Crippen molar-refractivity contribution < 1.29 is 0 Å². The number of benzene rings is 9. The molecule has 0 unspecified atom stereocenters. The van der Waals surface area contributed by atoms with E-state index < -0.39 is 0 Å². The van der Waals surface area contributed by atoms with E-state index in [1.54, 1.807) is 0 Å². The Bertz CT molecular complexity index is 2870. The minimum atomic E-state index is 0.473. The van der Waals surface area contributed by atoms with Crippen LogP contribution >= 0.6 is 0 Å². The second kappa shape index (κ2) is 15.3. The molecule has 0 aliphatic rings. The summed E-state index contributed by atoms with van der Waals surface area (Å²) in [6, 6.07) is 70.6. The zero-order valence-corrected chi connectivity index (χ0v) is 31.3. The van der Waals surface area contributed by atoms with Gasteiger partial charge in [-0.25, -0.2) is 0 Å². The van der Waals surface area contributed by atoms with Crippen molar-refractivity contribution in [2.45, 2.75) is 6.54 Å². The Kier molecular flexibility index (Phi) is 9.41. The Hall–Kier alpha value is -7.23. The van der Waals surface area contributed by atoms with E-state index in [-0.39, 0.29) is 0 Å². The Morgan fingerprint density at radius 3 is 1.98 bits per heavy atom. The first kappa shape index (κ1) is 34.5. The van der Waals surface area contributed by atoms with Crippen LogP contribution in [0.15, 0.2) is 206 Å². The number of hydrogen-bond acceptors (Lipinski definition) is 3. The highest BCUT2D eigenvalue weighted by Gasteiger charge is 2.16. The van der Waals surface area contributed by atoms with Crippen LogP contribution in [0.5, 0.6) is 0 Å². The van der Waals surface area contributed by atoms with Crippen molar-refractivity contribution in [2.75, 3.05) is 12.4 Å². The first-order valence-corrected chi connectivity index (χ1v) is 19.1. The summed E-state index contributed by atoms with van der Waals surface area (Å²) >= 11 is 0. The summed E-state index contributed by atoms with van der Waals surface area (Å²) in [6.07, 6.45) is 1.99. The third-order valence-corrected chi connectivity index (χ3v) is 10.7. The van der Waals surface area contributed by atoms with Crippen LogP contribution in [0.25, 0.3) is 60.3 Å². The highest BCUT2D eigenvalue weighted by Crippen LogP contribution is 2.42. The van der Waals surface area contributed by atoms with Crippen LogP contribution in [0.1, 0.15) is 16.7 Å². The van der Waals surface area contributed by atoms with Crippen LogP contribution < -0.4 is 5.32 Å². The van der Waals surface area contributed by atoms with Crippen LogP contribution in [0.2, 0.25) is 0 Å². The number of anilines is 2. The van der Waals surface area contributed by atoms with Crippen LogP contribution in [0.3, 0.4) is 0 Å². The van der Waals surface area contributed by atoms with Gasteiger partial charge < -0.3 is 15.6 Å². The van der Waals surface area contributed by atoms with Gasteiger partial charge in [0, 0.05) is 36.2 Å². The van der Waals surface area contributed by atoms with Gasteiger partial charge in [0.25, 0.3) is 0 Å². The number of allylic oxidation sites excluding steroid dienone is 1. The average molecular weight is 720 g/mol. The van der Waals surface area contributed by atoms with E-state index >= 15 is 0 Å². The number of fused-ring (bicyclic) bond motifs is 5. The molecule has 0 bridgehead atoms. The normalized spacial score (nSPS) is 11.6. The molecule has 9 aromatic rings. The molecule has 268 valence electrons. The average Bonchev–Trinajstić information content (AvgIpc) is 3.26. The first-order valence-electron chi connectivity index (χ1n) is 19.1. The fourth-order valence-electron chi connectivity index (χ4n) is 7.90. The molecule has 0 atom stereocenters. The Morgan fingerprint density at radius 2 is 1.18 bits per heavy atom. The van der Waals surface area contributed by atoms with Crippen LogP contribution in [0.4, 0.5) is 11.4 Å². The second-order valence-electron chi connectivity index (χ2n) is 14.3. The maximum Gasteiger partial charge on any atom is 0.0633 e. The summed E-state index contributed by atoms with van der Waals surface area (Å²) in [5, 5.41) is 20.4. The molecule has 0 spiro atoms. The number of nitrogens with one attached hydrogen (secondary N) is 2. The minimum Gasteiger partial charge on any atom is -0.370 e. The monoisotopic (exact) mass is 719 g/mol. The standard InChI is InChI=1S/C53H41N3/c1-56(52(35-50(54)41-19-6-3-7-20-41)42-29-27-39(28-30-42)38-16-4-2-5-17-38)36-37-15-14-22-44(33-37)55-51-26-13-12-25-47(51)49-34-43-21-9-10-23-45(43)48-32-31-40-18-8-11-24-46(40)53(48)49/h2-35,54-55H,36H2,1H3/b52-35-,54-50?. The maximum absolute atomic E-state index is 9.04. The first-order chi connectivity index (χ1) is 27.6. The smallest absolute Gasteiger partial charge is 0.0633 e. The van der Waals surface area contributed by atoms with Gasteiger partial charge in [-0.3, -0.25) is 0 Å². The third kappa shape index (κ3) is 6.95. The molecular formula is C53H41N3. The van der Waals surface area contributed by atoms with E-state index in [1.165, 1.54) is 49.0 Å². The Labute approximate surface area is 328 Å². The molecule has 0 aliphatic carbocycles. The molecule has 3 nitrogen and oxygen atoms in total. The van der Waals surface area contributed by atoms with Crippen LogP contribution in [0, 0.1) is 5.41 Å². The Balaban J connectivity index is 1.05. The highest BCUT2D eigenvalue weighted by atomic mass is 15.1. The lowest BCUT2D eigenvalue weighted by molar-refractivity contribution is 0.475. The lowest BCUT2D eigenvalue weighted by atomic mass is 9.89. The summed E-state index contributed by atoms with van der Waals surface area (Å²) in [7, 11) is 2.11. The van der Waals surface area contributed by atoms with Crippen LogP contribution in [-0.4, -0.2) is 17.7 Å². The molecule has 9 aromatic carbocycles. The number of nitrogens with zero attached hydrogens (tertiary/aromatic N) is 1. The van der Waals surface area contributed by atoms with Crippen molar-refractivity contribution in [2.24, 2.45) is 0 Å². The molecule has 0 aromatic heterocycles. The van der Waals surface area contributed by atoms with E-state index in [9.17, 15) is 0 Å². The molecular weight excluding hydrogens is 679 g/mol. The minimum absolute atomic E-state index is 0.473. The fraction of sp³-hybridized carbons (Fsp3) is 0.0377. The van der Waals surface area contributed by atoms with E-state index in [4.69, 9.17) is 5.41 Å². The fourth-order valence-corrected chi connectivity index (χ4v) is 7.90. The third-order valence-electron chi connectivity index (χ3n) is 10.7. The topological polar surface area (TPSA) is 39.1 Å².